The number of carbonyl (C=O) groups excluding carboxylic acids is 1. The van der Waals surface area contributed by atoms with E-state index >= 15 is 0 Å². The average Bonchev–Trinajstić information content (AvgIpc) is 2.60. The quantitative estimate of drug-likeness (QED) is 0.391. The van der Waals surface area contributed by atoms with Crippen molar-refractivity contribution in [3.63, 3.8) is 0 Å². The summed E-state index contributed by atoms with van der Waals surface area (Å²) < 4.78 is 11.5. The lowest BCUT2D eigenvalue weighted by atomic mass is 10.2. The Labute approximate surface area is 169 Å². The van der Waals surface area contributed by atoms with E-state index in [1.165, 1.54) is 25.3 Å². The van der Waals surface area contributed by atoms with E-state index in [9.17, 15) is 14.9 Å². The molecule has 0 aliphatic rings. The summed E-state index contributed by atoms with van der Waals surface area (Å²) in [5.74, 6) is 0.450. The fraction of sp³-hybridized carbons (Fsp3) is 0.176. The molecule has 0 radical (unpaired) electrons. The largest absolute Gasteiger partial charge is 0.495 e. The number of methoxy groups -OCH3 is 1. The maximum absolute atomic E-state index is 12.0. The minimum atomic E-state index is -0.541. The maximum atomic E-state index is 12.0. The molecule has 2 aromatic carbocycles. The van der Waals surface area contributed by atoms with Gasteiger partial charge in [-0.3, -0.25) is 20.2 Å². The standard InChI is InChI=1S/C17H16BrN3O5S/c1-10-7-11(18)3-5-14(10)26-9-16(22)20-17(27)19-13-8-12(21(23)24)4-6-15(13)25-2/h3-8H,9H2,1-2H3,(H2,19,20,22,27). The maximum Gasteiger partial charge on any atom is 0.271 e. The third-order valence-corrected chi connectivity index (χ3v) is 4.09. The number of hydrogen-bond acceptors (Lipinski definition) is 6. The molecule has 0 aromatic heterocycles. The first-order valence-electron chi connectivity index (χ1n) is 7.62. The number of thiocarbonyl (C=S) groups is 1. The predicted molar refractivity (Wildman–Crippen MR) is 108 cm³/mol. The van der Waals surface area contributed by atoms with Crippen molar-refractivity contribution in [2.45, 2.75) is 6.92 Å². The first-order valence-corrected chi connectivity index (χ1v) is 8.82. The minimum Gasteiger partial charge on any atom is -0.495 e. The molecular weight excluding hydrogens is 438 g/mol. The number of benzene rings is 2. The van der Waals surface area contributed by atoms with E-state index in [-0.39, 0.29) is 23.1 Å². The summed E-state index contributed by atoms with van der Waals surface area (Å²) in [7, 11) is 1.42. The monoisotopic (exact) mass is 453 g/mol. The molecule has 0 unspecified atom stereocenters. The van der Waals surface area contributed by atoms with Crippen LogP contribution in [-0.4, -0.2) is 29.7 Å². The van der Waals surface area contributed by atoms with E-state index < -0.39 is 10.8 Å². The first-order chi connectivity index (χ1) is 12.8. The van der Waals surface area contributed by atoms with Gasteiger partial charge in [0, 0.05) is 16.6 Å². The number of nitro benzene ring substituents is 1. The Hall–Kier alpha value is -2.72. The second kappa shape index (κ2) is 9.28. The molecule has 2 aromatic rings. The Morgan fingerprint density at radius 2 is 1.96 bits per heavy atom. The van der Waals surface area contributed by atoms with Crippen molar-refractivity contribution in [2.24, 2.45) is 0 Å². The number of nitro groups is 1. The third-order valence-electron chi connectivity index (χ3n) is 3.39. The number of nitrogens with one attached hydrogen (secondary N) is 2. The van der Waals surface area contributed by atoms with Crippen molar-refractivity contribution in [1.29, 1.82) is 0 Å². The van der Waals surface area contributed by atoms with Crippen LogP contribution in [0.2, 0.25) is 0 Å². The number of carbonyl (C=O) groups is 1. The van der Waals surface area contributed by atoms with Crippen molar-refractivity contribution in [1.82, 2.24) is 5.32 Å². The number of aryl methyl sites for hydroxylation is 1. The molecule has 0 atom stereocenters. The zero-order chi connectivity index (χ0) is 20.0. The van der Waals surface area contributed by atoms with E-state index in [0.717, 1.165) is 10.0 Å². The highest BCUT2D eigenvalue weighted by atomic mass is 79.9. The molecule has 0 heterocycles. The summed E-state index contributed by atoms with van der Waals surface area (Å²) in [6.45, 7) is 1.62. The minimum absolute atomic E-state index is 0.0325. The molecule has 10 heteroatoms. The van der Waals surface area contributed by atoms with Gasteiger partial charge < -0.3 is 14.8 Å². The van der Waals surface area contributed by atoms with Crippen LogP contribution >= 0.6 is 28.1 Å². The summed E-state index contributed by atoms with van der Waals surface area (Å²) in [6.07, 6.45) is 0. The van der Waals surface area contributed by atoms with E-state index in [4.69, 9.17) is 21.7 Å². The molecule has 2 N–H and O–H groups in total. The molecule has 142 valence electrons. The van der Waals surface area contributed by atoms with Crippen LogP contribution in [0.3, 0.4) is 0 Å². The lowest BCUT2D eigenvalue weighted by molar-refractivity contribution is -0.384. The van der Waals surface area contributed by atoms with Crippen molar-refractivity contribution >= 4 is 50.5 Å². The van der Waals surface area contributed by atoms with Crippen LogP contribution < -0.4 is 20.1 Å². The van der Waals surface area contributed by atoms with Gasteiger partial charge in [-0.25, -0.2) is 0 Å². The van der Waals surface area contributed by atoms with Gasteiger partial charge in [-0.1, -0.05) is 15.9 Å². The highest BCUT2D eigenvalue weighted by Crippen LogP contribution is 2.28. The van der Waals surface area contributed by atoms with Crippen molar-refractivity contribution < 1.29 is 19.2 Å². The van der Waals surface area contributed by atoms with Crippen molar-refractivity contribution in [2.75, 3.05) is 19.0 Å². The number of rotatable bonds is 6. The summed E-state index contributed by atoms with van der Waals surface area (Å²) >= 11 is 8.43. The van der Waals surface area contributed by atoms with E-state index in [1.807, 2.05) is 13.0 Å². The summed E-state index contributed by atoms with van der Waals surface area (Å²) in [5.41, 5.74) is 1.00. The first kappa shape index (κ1) is 20.6. The van der Waals surface area contributed by atoms with Crippen molar-refractivity contribution in [3.05, 3.63) is 56.5 Å². The highest BCUT2D eigenvalue weighted by molar-refractivity contribution is 9.10. The number of halogens is 1. The highest BCUT2D eigenvalue weighted by Gasteiger charge is 2.14. The number of anilines is 1. The molecule has 0 aliphatic carbocycles. The van der Waals surface area contributed by atoms with Gasteiger partial charge >= 0.3 is 0 Å². The smallest absolute Gasteiger partial charge is 0.271 e. The number of nitrogens with zero attached hydrogens (tertiary/aromatic N) is 1. The number of hydrogen-bond donors (Lipinski definition) is 2. The molecule has 0 saturated carbocycles. The van der Waals surface area contributed by atoms with Crippen LogP contribution in [0.15, 0.2) is 40.9 Å². The Balaban J connectivity index is 1.96. The molecule has 8 nitrogen and oxygen atoms in total. The van der Waals surface area contributed by atoms with Crippen LogP contribution in [0.25, 0.3) is 0 Å². The topological polar surface area (TPSA) is 103 Å². The summed E-state index contributed by atoms with van der Waals surface area (Å²) in [4.78, 5) is 22.4. The van der Waals surface area contributed by atoms with Gasteiger partial charge in [-0.2, -0.15) is 0 Å². The zero-order valence-electron chi connectivity index (χ0n) is 14.4. The van der Waals surface area contributed by atoms with E-state index in [2.05, 4.69) is 26.6 Å². The van der Waals surface area contributed by atoms with Crippen LogP contribution in [0, 0.1) is 17.0 Å². The lowest BCUT2D eigenvalue weighted by Crippen LogP contribution is -2.37. The van der Waals surface area contributed by atoms with Gasteiger partial charge in [0.05, 0.1) is 17.7 Å². The summed E-state index contributed by atoms with van der Waals surface area (Å²) in [5, 5.41) is 16.0. The van der Waals surface area contributed by atoms with Gasteiger partial charge in [-0.05, 0) is 49.0 Å². The van der Waals surface area contributed by atoms with Crippen LogP contribution in [-0.2, 0) is 4.79 Å². The Bertz CT molecular complexity index is 891. The van der Waals surface area contributed by atoms with Crippen LogP contribution in [0.5, 0.6) is 11.5 Å². The number of non-ortho nitro benzene ring substituents is 1. The third kappa shape index (κ3) is 5.90. The average molecular weight is 454 g/mol. The van der Waals surface area contributed by atoms with Crippen LogP contribution in [0.4, 0.5) is 11.4 Å². The molecule has 0 aliphatic heterocycles. The fourth-order valence-corrected chi connectivity index (χ4v) is 2.84. The number of ether oxygens (including phenoxy) is 2. The van der Waals surface area contributed by atoms with Crippen LogP contribution in [0.1, 0.15) is 5.56 Å². The molecule has 0 fully saturated rings. The fourth-order valence-electron chi connectivity index (χ4n) is 2.14. The Morgan fingerprint density at radius 3 is 2.59 bits per heavy atom. The Morgan fingerprint density at radius 1 is 1.26 bits per heavy atom. The molecule has 1 amide bonds. The van der Waals surface area contributed by atoms with Gasteiger partial charge in [-0.15, -0.1) is 0 Å². The molecule has 2 rings (SSSR count). The molecule has 0 spiro atoms. The summed E-state index contributed by atoms with van der Waals surface area (Å²) in [6, 6.07) is 9.43. The Kier molecular flexibility index (Phi) is 7.08. The lowest BCUT2D eigenvalue weighted by Gasteiger charge is -2.13. The molecular formula is C17H16BrN3O5S. The second-order valence-electron chi connectivity index (χ2n) is 5.34. The normalized spacial score (nSPS) is 10.0. The van der Waals surface area contributed by atoms with E-state index in [1.54, 1.807) is 12.1 Å². The SMILES string of the molecule is COc1ccc([N+](=O)[O-])cc1NC(=S)NC(=O)COc1ccc(Br)cc1C. The van der Waals surface area contributed by atoms with E-state index in [0.29, 0.717) is 11.5 Å². The van der Waals surface area contributed by atoms with Gasteiger partial charge in [0.15, 0.2) is 11.7 Å². The number of amides is 1. The van der Waals surface area contributed by atoms with Gasteiger partial charge in [0.25, 0.3) is 11.6 Å². The second-order valence-corrected chi connectivity index (χ2v) is 6.67. The predicted octanol–water partition coefficient (Wildman–Crippen LogP) is 3.57. The zero-order valence-corrected chi connectivity index (χ0v) is 16.8. The molecule has 0 bridgehead atoms. The van der Waals surface area contributed by atoms with Gasteiger partial charge in [0.1, 0.15) is 11.5 Å². The molecule has 0 saturated heterocycles. The van der Waals surface area contributed by atoms with Gasteiger partial charge in [0.2, 0.25) is 0 Å². The van der Waals surface area contributed by atoms with Crippen molar-refractivity contribution in [3.8, 4) is 11.5 Å². The molecule has 27 heavy (non-hydrogen) atoms.